The largest absolute Gasteiger partial charge is 0.375 e. The van der Waals surface area contributed by atoms with Crippen LogP contribution in [0.4, 0.5) is 5.69 Å². The molecule has 0 aromatic heterocycles. The first kappa shape index (κ1) is 17.3. The Morgan fingerprint density at radius 2 is 1.83 bits per heavy atom. The molecule has 3 N–H and O–H groups in total. The van der Waals surface area contributed by atoms with Gasteiger partial charge < -0.3 is 16.0 Å². The number of hydrogen-bond acceptors (Lipinski definition) is 3. The highest BCUT2D eigenvalue weighted by Gasteiger charge is 2.39. The third kappa shape index (κ3) is 3.75. The first-order chi connectivity index (χ1) is 11.6. The maximum absolute atomic E-state index is 12.7. The summed E-state index contributed by atoms with van der Waals surface area (Å²) in [5.74, 6) is 1.19. The molecule has 1 amide bonds. The van der Waals surface area contributed by atoms with Crippen LogP contribution in [0.15, 0.2) is 24.3 Å². The van der Waals surface area contributed by atoms with Crippen LogP contribution < -0.4 is 16.0 Å². The molecule has 2 aliphatic rings. The van der Waals surface area contributed by atoms with Gasteiger partial charge in [0.05, 0.1) is 0 Å². The zero-order chi connectivity index (χ0) is 17.1. The predicted octanol–water partition coefficient (Wildman–Crippen LogP) is 3.17. The van der Waals surface area contributed by atoms with Crippen LogP contribution in [0, 0.1) is 11.8 Å². The zero-order valence-corrected chi connectivity index (χ0v) is 15.0. The number of benzene rings is 1. The SMILES string of the molecule is CCCN(C)c1ccc(C(=O)NC2C3CCCC2CC(N)C3)cc1. The van der Waals surface area contributed by atoms with Crippen molar-refractivity contribution in [2.24, 2.45) is 17.6 Å². The van der Waals surface area contributed by atoms with Crippen molar-refractivity contribution in [1.82, 2.24) is 5.32 Å². The fourth-order valence-electron chi connectivity index (χ4n) is 4.59. The van der Waals surface area contributed by atoms with Gasteiger partial charge in [0.1, 0.15) is 0 Å². The van der Waals surface area contributed by atoms with Crippen molar-refractivity contribution < 1.29 is 4.79 Å². The highest BCUT2D eigenvalue weighted by atomic mass is 16.1. The molecule has 132 valence electrons. The first-order valence-electron chi connectivity index (χ1n) is 9.46. The van der Waals surface area contributed by atoms with E-state index in [-0.39, 0.29) is 5.91 Å². The van der Waals surface area contributed by atoms with Gasteiger partial charge in [0.15, 0.2) is 0 Å². The fraction of sp³-hybridized carbons (Fsp3) is 0.650. The molecule has 4 heteroatoms. The van der Waals surface area contributed by atoms with Gasteiger partial charge in [-0.05, 0) is 68.2 Å². The number of nitrogens with two attached hydrogens (primary N) is 1. The summed E-state index contributed by atoms with van der Waals surface area (Å²) in [6.45, 7) is 3.20. The van der Waals surface area contributed by atoms with Crippen molar-refractivity contribution in [3.05, 3.63) is 29.8 Å². The quantitative estimate of drug-likeness (QED) is 0.872. The van der Waals surface area contributed by atoms with Crippen molar-refractivity contribution in [3.63, 3.8) is 0 Å². The molecule has 1 aromatic rings. The van der Waals surface area contributed by atoms with Crippen LogP contribution in [-0.4, -0.2) is 31.6 Å². The summed E-state index contributed by atoms with van der Waals surface area (Å²) in [4.78, 5) is 14.9. The number of carbonyl (C=O) groups excluding carboxylic acids is 1. The molecule has 2 aliphatic carbocycles. The van der Waals surface area contributed by atoms with Crippen molar-refractivity contribution in [2.45, 2.75) is 57.5 Å². The molecule has 3 rings (SSSR count). The third-order valence-corrected chi connectivity index (χ3v) is 5.80. The zero-order valence-electron chi connectivity index (χ0n) is 15.0. The average molecular weight is 329 g/mol. The lowest BCUT2D eigenvalue weighted by Crippen LogP contribution is -2.53. The van der Waals surface area contributed by atoms with Gasteiger partial charge in [0, 0.05) is 36.9 Å². The molecule has 1 aromatic carbocycles. The second-order valence-corrected chi connectivity index (χ2v) is 7.65. The molecule has 0 spiro atoms. The molecular weight excluding hydrogens is 298 g/mol. The number of anilines is 1. The van der Waals surface area contributed by atoms with Crippen LogP contribution in [-0.2, 0) is 0 Å². The van der Waals surface area contributed by atoms with Crippen LogP contribution in [0.25, 0.3) is 0 Å². The normalized spacial score (nSPS) is 29.1. The van der Waals surface area contributed by atoms with Crippen LogP contribution >= 0.6 is 0 Å². The van der Waals surface area contributed by atoms with Gasteiger partial charge in [-0.2, -0.15) is 0 Å². The van der Waals surface area contributed by atoms with E-state index in [1.165, 1.54) is 19.3 Å². The van der Waals surface area contributed by atoms with Crippen molar-refractivity contribution in [2.75, 3.05) is 18.5 Å². The van der Waals surface area contributed by atoms with E-state index in [0.717, 1.165) is 37.1 Å². The Hall–Kier alpha value is -1.55. The molecule has 2 unspecified atom stereocenters. The summed E-state index contributed by atoms with van der Waals surface area (Å²) in [7, 11) is 2.09. The van der Waals surface area contributed by atoms with Crippen LogP contribution in [0.5, 0.6) is 0 Å². The summed E-state index contributed by atoms with van der Waals surface area (Å²) in [5.41, 5.74) is 8.10. The Labute approximate surface area is 145 Å². The lowest BCUT2D eigenvalue weighted by Gasteiger charge is -2.45. The van der Waals surface area contributed by atoms with Gasteiger partial charge in [0.2, 0.25) is 0 Å². The van der Waals surface area contributed by atoms with Gasteiger partial charge in [-0.1, -0.05) is 13.3 Å². The number of rotatable bonds is 5. The van der Waals surface area contributed by atoms with Crippen LogP contribution in [0.3, 0.4) is 0 Å². The predicted molar refractivity (Wildman–Crippen MR) is 99.3 cm³/mol. The van der Waals surface area contributed by atoms with Gasteiger partial charge in [-0.3, -0.25) is 4.79 Å². The van der Waals surface area contributed by atoms with E-state index in [2.05, 4.69) is 24.2 Å². The Balaban J connectivity index is 1.64. The third-order valence-electron chi connectivity index (χ3n) is 5.80. The summed E-state index contributed by atoms with van der Waals surface area (Å²) in [5, 5.41) is 3.32. The Morgan fingerprint density at radius 1 is 1.21 bits per heavy atom. The van der Waals surface area contributed by atoms with E-state index >= 15 is 0 Å². The summed E-state index contributed by atoms with van der Waals surface area (Å²) >= 11 is 0. The molecular formula is C20H31N3O. The molecule has 24 heavy (non-hydrogen) atoms. The summed E-state index contributed by atoms with van der Waals surface area (Å²) < 4.78 is 0. The highest BCUT2D eigenvalue weighted by Crippen LogP contribution is 2.39. The van der Waals surface area contributed by atoms with Gasteiger partial charge >= 0.3 is 0 Å². The number of hydrogen-bond donors (Lipinski definition) is 2. The molecule has 0 radical (unpaired) electrons. The number of fused-ring (bicyclic) bond motifs is 2. The van der Waals surface area contributed by atoms with Crippen molar-refractivity contribution in [3.8, 4) is 0 Å². The average Bonchev–Trinajstić information content (AvgIpc) is 2.56. The van der Waals surface area contributed by atoms with Crippen LogP contribution in [0.1, 0.15) is 55.8 Å². The highest BCUT2D eigenvalue weighted by molar-refractivity contribution is 5.94. The minimum absolute atomic E-state index is 0.0667. The summed E-state index contributed by atoms with van der Waals surface area (Å²) in [6, 6.07) is 8.61. The number of nitrogens with zero attached hydrogens (tertiary/aromatic N) is 1. The molecule has 2 fully saturated rings. The first-order valence-corrected chi connectivity index (χ1v) is 9.46. The smallest absolute Gasteiger partial charge is 0.251 e. The van der Waals surface area contributed by atoms with E-state index in [1.807, 2.05) is 24.3 Å². The lowest BCUT2D eigenvalue weighted by atomic mass is 9.67. The van der Waals surface area contributed by atoms with Crippen LogP contribution in [0.2, 0.25) is 0 Å². The van der Waals surface area contributed by atoms with Gasteiger partial charge in [-0.15, -0.1) is 0 Å². The summed E-state index contributed by atoms with van der Waals surface area (Å²) in [6.07, 6.45) is 6.93. The fourth-order valence-corrected chi connectivity index (χ4v) is 4.59. The number of amides is 1. The number of nitrogens with one attached hydrogen (secondary N) is 1. The van der Waals surface area contributed by atoms with Gasteiger partial charge in [0.25, 0.3) is 5.91 Å². The second-order valence-electron chi connectivity index (χ2n) is 7.65. The standard InChI is InChI=1S/C20H31N3O/c1-3-11-23(2)18-9-7-14(8-10-18)20(24)22-19-15-5-4-6-16(19)13-17(21)12-15/h7-10,15-17,19H,3-6,11-13,21H2,1-2H3,(H,22,24). The van der Waals surface area contributed by atoms with E-state index in [0.29, 0.717) is 23.9 Å². The van der Waals surface area contributed by atoms with Crippen molar-refractivity contribution in [1.29, 1.82) is 0 Å². The monoisotopic (exact) mass is 329 g/mol. The lowest BCUT2D eigenvalue weighted by molar-refractivity contribution is 0.0756. The van der Waals surface area contributed by atoms with E-state index in [1.54, 1.807) is 0 Å². The van der Waals surface area contributed by atoms with Gasteiger partial charge in [-0.25, -0.2) is 0 Å². The van der Waals surface area contributed by atoms with E-state index in [9.17, 15) is 4.79 Å². The second kappa shape index (κ2) is 7.56. The Bertz CT molecular complexity index is 543. The molecule has 2 atom stereocenters. The minimum atomic E-state index is 0.0667. The molecule has 4 nitrogen and oxygen atoms in total. The van der Waals surface area contributed by atoms with E-state index in [4.69, 9.17) is 5.73 Å². The molecule has 0 aliphatic heterocycles. The Kier molecular flexibility index (Phi) is 5.44. The van der Waals surface area contributed by atoms with E-state index < -0.39 is 0 Å². The maximum atomic E-state index is 12.7. The molecule has 0 saturated heterocycles. The topological polar surface area (TPSA) is 58.4 Å². The maximum Gasteiger partial charge on any atom is 0.251 e. The molecule has 2 bridgehead atoms. The Morgan fingerprint density at radius 3 is 2.42 bits per heavy atom. The number of carbonyl (C=O) groups is 1. The van der Waals surface area contributed by atoms with Crippen molar-refractivity contribution >= 4 is 11.6 Å². The minimum Gasteiger partial charge on any atom is -0.375 e. The molecule has 0 heterocycles. The molecule has 2 saturated carbocycles.